The van der Waals surface area contributed by atoms with Crippen molar-refractivity contribution in [3.05, 3.63) is 28.7 Å². The molecule has 0 heterocycles. The lowest BCUT2D eigenvalue weighted by atomic mass is 9.82. The third-order valence-electron chi connectivity index (χ3n) is 3.43. The van der Waals surface area contributed by atoms with Gasteiger partial charge in [0.1, 0.15) is 5.54 Å². The fourth-order valence-electron chi connectivity index (χ4n) is 2.48. The Morgan fingerprint density at radius 3 is 3.05 bits per heavy atom. The van der Waals surface area contributed by atoms with Crippen LogP contribution in [0.15, 0.2) is 33.6 Å². The third-order valence-corrected chi connectivity index (χ3v) is 5.19. The maximum atomic E-state index is 11.8. The minimum Gasteiger partial charge on any atom is -0.468 e. The second-order valence-corrected chi connectivity index (χ2v) is 7.23. The lowest BCUT2D eigenvalue weighted by Gasteiger charge is -2.35. The molecule has 3 nitrogen and oxygen atoms in total. The molecule has 104 valence electrons. The number of hydrogen-bond acceptors (Lipinski definition) is 4. The summed E-state index contributed by atoms with van der Waals surface area (Å²) in [6.07, 6.45) is 3.45. The molecule has 1 aliphatic carbocycles. The van der Waals surface area contributed by atoms with Crippen molar-refractivity contribution >= 4 is 33.7 Å². The summed E-state index contributed by atoms with van der Waals surface area (Å²) < 4.78 is 5.90. The van der Waals surface area contributed by atoms with Gasteiger partial charge >= 0.3 is 5.97 Å². The molecule has 2 unspecified atom stereocenters. The second-order valence-electron chi connectivity index (χ2n) is 4.94. The molecule has 0 amide bonds. The van der Waals surface area contributed by atoms with Crippen molar-refractivity contribution in [2.45, 2.75) is 41.4 Å². The summed E-state index contributed by atoms with van der Waals surface area (Å²) in [5, 5.41) is 0.368. The van der Waals surface area contributed by atoms with Crippen molar-refractivity contribution in [3.8, 4) is 0 Å². The van der Waals surface area contributed by atoms with E-state index in [4.69, 9.17) is 10.5 Å². The van der Waals surface area contributed by atoms with Crippen molar-refractivity contribution in [1.82, 2.24) is 0 Å². The van der Waals surface area contributed by atoms with Gasteiger partial charge in [-0.15, -0.1) is 11.8 Å². The Balaban J connectivity index is 2.04. The van der Waals surface area contributed by atoms with Gasteiger partial charge in [0.2, 0.25) is 0 Å². The molecule has 0 aliphatic heterocycles. The molecule has 0 saturated heterocycles. The molecule has 0 radical (unpaired) electrons. The van der Waals surface area contributed by atoms with Crippen molar-refractivity contribution in [3.63, 3.8) is 0 Å². The first kappa shape index (κ1) is 14.9. The van der Waals surface area contributed by atoms with E-state index in [1.54, 1.807) is 11.8 Å². The molecule has 5 heteroatoms. The van der Waals surface area contributed by atoms with Crippen LogP contribution in [0.25, 0.3) is 0 Å². The highest BCUT2D eigenvalue weighted by atomic mass is 79.9. The zero-order chi connectivity index (χ0) is 13.9. The van der Waals surface area contributed by atoms with Gasteiger partial charge in [0.05, 0.1) is 7.11 Å². The van der Waals surface area contributed by atoms with Gasteiger partial charge in [-0.1, -0.05) is 22.0 Å². The molecule has 0 aromatic heterocycles. The summed E-state index contributed by atoms with van der Waals surface area (Å²) in [5.74, 6) is -0.285. The van der Waals surface area contributed by atoms with Crippen molar-refractivity contribution in [1.29, 1.82) is 0 Å². The van der Waals surface area contributed by atoms with Crippen LogP contribution in [0.1, 0.15) is 25.7 Å². The number of esters is 1. The van der Waals surface area contributed by atoms with Crippen LogP contribution in [-0.4, -0.2) is 23.9 Å². The number of nitrogens with two attached hydrogens (primary N) is 1. The third kappa shape index (κ3) is 3.74. The van der Waals surface area contributed by atoms with Gasteiger partial charge in [0, 0.05) is 14.6 Å². The standard InChI is InChI=1S/C14H18BrNO2S/c1-18-13(17)14(16)7-3-6-12(9-14)19-11-5-2-4-10(15)8-11/h2,4-5,8,12H,3,6-7,9,16H2,1H3. The molecular weight excluding hydrogens is 326 g/mol. The summed E-state index contributed by atoms with van der Waals surface area (Å²) >= 11 is 5.26. The first-order valence-electron chi connectivity index (χ1n) is 6.33. The lowest BCUT2D eigenvalue weighted by molar-refractivity contribution is -0.148. The minimum atomic E-state index is -0.809. The first-order valence-corrected chi connectivity index (χ1v) is 8.00. The monoisotopic (exact) mass is 343 g/mol. The Bertz CT molecular complexity index is 469. The zero-order valence-electron chi connectivity index (χ0n) is 10.9. The highest BCUT2D eigenvalue weighted by Crippen LogP contribution is 2.38. The van der Waals surface area contributed by atoms with E-state index in [-0.39, 0.29) is 5.97 Å². The Morgan fingerprint density at radius 2 is 2.37 bits per heavy atom. The summed E-state index contributed by atoms with van der Waals surface area (Å²) in [6.45, 7) is 0. The van der Waals surface area contributed by atoms with Crippen LogP contribution in [0.2, 0.25) is 0 Å². The van der Waals surface area contributed by atoms with E-state index in [1.807, 2.05) is 12.1 Å². The summed E-state index contributed by atoms with van der Waals surface area (Å²) in [5.41, 5.74) is 5.38. The fraction of sp³-hybridized carbons (Fsp3) is 0.500. The molecule has 2 atom stereocenters. The predicted molar refractivity (Wildman–Crippen MR) is 81.2 cm³/mol. The Hall–Kier alpha value is -0.520. The molecule has 2 rings (SSSR count). The normalized spacial score (nSPS) is 27.0. The van der Waals surface area contributed by atoms with Gasteiger partial charge in [-0.25, -0.2) is 0 Å². The summed E-state index contributed by atoms with van der Waals surface area (Å²) in [4.78, 5) is 13.0. The Kier molecular flexibility index (Phi) is 4.92. The number of thioether (sulfide) groups is 1. The molecule has 1 fully saturated rings. The van der Waals surface area contributed by atoms with Crippen molar-refractivity contribution in [2.75, 3.05) is 7.11 Å². The van der Waals surface area contributed by atoms with E-state index in [2.05, 4.69) is 28.1 Å². The summed E-state index contributed by atoms with van der Waals surface area (Å²) in [6, 6.07) is 8.20. The van der Waals surface area contributed by atoms with Crippen LogP contribution in [0.4, 0.5) is 0 Å². The maximum absolute atomic E-state index is 11.8. The number of ether oxygens (including phenoxy) is 1. The van der Waals surface area contributed by atoms with E-state index >= 15 is 0 Å². The maximum Gasteiger partial charge on any atom is 0.325 e. The molecule has 1 aromatic rings. The largest absolute Gasteiger partial charge is 0.468 e. The minimum absolute atomic E-state index is 0.285. The van der Waals surface area contributed by atoms with Gasteiger partial charge in [0.15, 0.2) is 0 Å². The van der Waals surface area contributed by atoms with Crippen LogP contribution in [0.3, 0.4) is 0 Å². The number of carbonyl (C=O) groups is 1. The van der Waals surface area contributed by atoms with Crippen LogP contribution in [0.5, 0.6) is 0 Å². The zero-order valence-corrected chi connectivity index (χ0v) is 13.3. The summed E-state index contributed by atoms with van der Waals surface area (Å²) in [7, 11) is 1.40. The molecule has 2 N–H and O–H groups in total. The SMILES string of the molecule is COC(=O)C1(N)CCCC(Sc2cccc(Br)c2)C1. The number of hydrogen-bond donors (Lipinski definition) is 1. The Morgan fingerprint density at radius 1 is 1.58 bits per heavy atom. The van der Waals surface area contributed by atoms with Gasteiger partial charge in [-0.05, 0) is 43.9 Å². The van der Waals surface area contributed by atoms with E-state index in [0.717, 1.165) is 23.7 Å². The van der Waals surface area contributed by atoms with Crippen LogP contribution in [-0.2, 0) is 9.53 Å². The molecule has 19 heavy (non-hydrogen) atoms. The highest BCUT2D eigenvalue weighted by molar-refractivity contribution is 9.10. The van der Waals surface area contributed by atoms with Gasteiger partial charge in [-0.3, -0.25) is 4.79 Å². The molecular formula is C14H18BrNO2S. The number of rotatable bonds is 3. The molecule has 1 aromatic carbocycles. The van der Waals surface area contributed by atoms with Crippen LogP contribution in [0, 0.1) is 0 Å². The fourth-order valence-corrected chi connectivity index (χ4v) is 4.43. The number of halogens is 1. The van der Waals surface area contributed by atoms with Crippen molar-refractivity contribution < 1.29 is 9.53 Å². The van der Waals surface area contributed by atoms with Gasteiger partial charge in [-0.2, -0.15) is 0 Å². The molecule has 1 aliphatic rings. The molecule has 0 bridgehead atoms. The number of benzene rings is 1. The predicted octanol–water partition coefficient (Wildman–Crippen LogP) is 3.35. The van der Waals surface area contributed by atoms with Gasteiger partial charge in [0.25, 0.3) is 0 Å². The topological polar surface area (TPSA) is 52.3 Å². The number of carbonyl (C=O) groups excluding carboxylic acids is 1. The average molecular weight is 344 g/mol. The van der Waals surface area contributed by atoms with Crippen LogP contribution < -0.4 is 5.73 Å². The van der Waals surface area contributed by atoms with E-state index in [9.17, 15) is 4.79 Å². The second kappa shape index (κ2) is 6.29. The van der Waals surface area contributed by atoms with Gasteiger partial charge < -0.3 is 10.5 Å². The first-order chi connectivity index (χ1) is 9.03. The van der Waals surface area contributed by atoms with E-state index < -0.39 is 5.54 Å². The highest BCUT2D eigenvalue weighted by Gasteiger charge is 2.40. The average Bonchev–Trinajstić information content (AvgIpc) is 2.38. The van der Waals surface area contributed by atoms with Crippen molar-refractivity contribution in [2.24, 2.45) is 5.73 Å². The quantitative estimate of drug-likeness (QED) is 0.855. The van der Waals surface area contributed by atoms with Crippen LogP contribution >= 0.6 is 27.7 Å². The lowest BCUT2D eigenvalue weighted by Crippen LogP contribution is -2.52. The molecule has 0 spiro atoms. The molecule has 1 saturated carbocycles. The Labute approximate surface area is 126 Å². The number of methoxy groups -OCH3 is 1. The van der Waals surface area contributed by atoms with E-state index in [1.165, 1.54) is 12.0 Å². The van der Waals surface area contributed by atoms with E-state index in [0.29, 0.717) is 11.7 Å². The smallest absolute Gasteiger partial charge is 0.325 e.